The number of ether oxygens (including phenoxy) is 4. The van der Waals surface area contributed by atoms with E-state index in [1.807, 2.05) is 13.8 Å². The maximum Gasteiger partial charge on any atom is 0.408 e. The van der Waals surface area contributed by atoms with E-state index in [9.17, 15) is 43.2 Å². The first-order chi connectivity index (χ1) is 36.2. The largest absolute Gasteiger partial charge is 0.445 e. The van der Waals surface area contributed by atoms with Crippen LogP contribution in [-0.2, 0) is 54.3 Å². The number of rotatable bonds is 18. The Hall–Kier alpha value is -6.19. The SMILES string of the molecule is CCCCCC[C@H]1OC[C@@H](C)NC(=O)[C@H](CNC(=O)[C@H](CNC(=O)OC(C)(C)C)NC(=O)OC(C)(C)C)NC(=O)[C@H](CNC(=O)OCc2ccccc2)NC(=O)[C@H](C2CCCCC2)NC(=O)[C@H](CC(C)C)N(C)C(=O)[C@@H]1C. The predicted molar refractivity (Wildman–Crippen MR) is 289 cm³/mol. The van der Waals surface area contributed by atoms with E-state index < -0.39 is 127 Å². The molecule has 434 valence electrons. The van der Waals surface area contributed by atoms with Crippen molar-refractivity contribution >= 4 is 53.7 Å². The molecule has 0 spiro atoms. The van der Waals surface area contributed by atoms with Gasteiger partial charge < -0.3 is 66.4 Å². The summed E-state index contributed by atoms with van der Waals surface area (Å²) in [4.78, 5) is 127. The Morgan fingerprint density at radius 3 is 1.94 bits per heavy atom. The highest BCUT2D eigenvalue weighted by molar-refractivity contribution is 5.96. The minimum atomic E-state index is -1.60. The minimum absolute atomic E-state index is 0.0371. The molecule has 1 aromatic carbocycles. The number of alkyl carbamates (subject to hydrolysis) is 3. The molecule has 22 nitrogen and oxygen atoms in total. The highest BCUT2D eigenvalue weighted by Gasteiger charge is 2.40. The second-order valence-corrected chi connectivity index (χ2v) is 22.8. The molecular weight excluding hydrogens is 995 g/mol. The van der Waals surface area contributed by atoms with Crippen molar-refractivity contribution in [2.45, 2.75) is 207 Å². The average molecular weight is 1090 g/mol. The molecule has 22 heteroatoms. The Bertz CT molecular complexity index is 2090. The van der Waals surface area contributed by atoms with E-state index in [2.05, 4.69) is 49.5 Å². The average Bonchev–Trinajstić information content (AvgIpc) is 3.35. The topological polar surface area (TPSA) is 290 Å². The van der Waals surface area contributed by atoms with Crippen LogP contribution < -0.4 is 42.5 Å². The summed E-state index contributed by atoms with van der Waals surface area (Å²) in [5.41, 5.74) is -1.18. The maximum atomic E-state index is 14.8. The van der Waals surface area contributed by atoms with E-state index in [4.69, 9.17) is 18.9 Å². The predicted octanol–water partition coefficient (Wildman–Crippen LogP) is 4.86. The number of carbonyl (C=O) groups is 9. The first-order valence-corrected chi connectivity index (χ1v) is 27.5. The number of nitrogens with zero attached hydrogens (tertiary/aromatic N) is 1. The fourth-order valence-electron chi connectivity index (χ4n) is 8.94. The molecule has 2 aliphatic rings. The van der Waals surface area contributed by atoms with Gasteiger partial charge >= 0.3 is 18.3 Å². The lowest BCUT2D eigenvalue weighted by Crippen LogP contribution is -2.63. The first-order valence-electron chi connectivity index (χ1n) is 27.5. The van der Waals surface area contributed by atoms with Crippen LogP contribution in [0.2, 0.25) is 0 Å². The summed E-state index contributed by atoms with van der Waals surface area (Å²) >= 11 is 0. The van der Waals surface area contributed by atoms with Crippen LogP contribution in [0.1, 0.15) is 152 Å². The molecule has 77 heavy (non-hydrogen) atoms. The van der Waals surface area contributed by atoms with Crippen molar-refractivity contribution in [3.63, 3.8) is 0 Å². The lowest BCUT2D eigenvalue weighted by molar-refractivity contribution is -0.147. The van der Waals surface area contributed by atoms with Crippen LogP contribution in [-0.4, -0.2) is 145 Å². The van der Waals surface area contributed by atoms with Crippen molar-refractivity contribution in [1.29, 1.82) is 0 Å². The lowest BCUT2D eigenvalue weighted by Gasteiger charge is -2.36. The number of likely N-dealkylation sites (N-methyl/N-ethyl adjacent to an activating group) is 1. The lowest BCUT2D eigenvalue weighted by atomic mass is 9.83. The third-order valence-corrected chi connectivity index (χ3v) is 13.0. The monoisotopic (exact) mass is 1090 g/mol. The van der Waals surface area contributed by atoms with E-state index in [0.717, 1.165) is 44.9 Å². The molecule has 8 N–H and O–H groups in total. The quantitative estimate of drug-likeness (QED) is 0.0721. The number of benzene rings is 1. The zero-order valence-corrected chi connectivity index (χ0v) is 47.7. The molecule has 8 atom stereocenters. The first kappa shape index (κ1) is 65.1. The minimum Gasteiger partial charge on any atom is -0.445 e. The highest BCUT2D eigenvalue weighted by Crippen LogP contribution is 2.28. The zero-order valence-electron chi connectivity index (χ0n) is 47.7. The van der Waals surface area contributed by atoms with Gasteiger partial charge in [-0.1, -0.05) is 103 Å². The molecule has 1 aromatic rings. The molecule has 2 fully saturated rings. The van der Waals surface area contributed by atoms with Gasteiger partial charge in [-0.15, -0.1) is 0 Å². The molecule has 0 unspecified atom stereocenters. The van der Waals surface area contributed by atoms with Gasteiger partial charge in [0.25, 0.3) is 0 Å². The van der Waals surface area contributed by atoms with E-state index >= 15 is 0 Å². The Balaban J connectivity index is 2.13. The highest BCUT2D eigenvalue weighted by atomic mass is 16.6. The van der Waals surface area contributed by atoms with E-state index in [1.54, 1.807) is 92.8 Å². The molecule has 0 radical (unpaired) electrons. The molecule has 1 saturated carbocycles. The van der Waals surface area contributed by atoms with Crippen molar-refractivity contribution < 1.29 is 62.1 Å². The third-order valence-electron chi connectivity index (χ3n) is 13.0. The summed E-state index contributed by atoms with van der Waals surface area (Å²) in [5.74, 6) is -5.43. The fraction of sp³-hybridized carbons (Fsp3) is 0.727. The number of unbranched alkanes of at least 4 members (excludes halogenated alkanes) is 3. The van der Waals surface area contributed by atoms with Crippen LogP contribution in [0, 0.1) is 17.8 Å². The molecule has 9 amide bonds. The molecular formula is C55H91N9O13. The maximum absolute atomic E-state index is 14.8. The van der Waals surface area contributed by atoms with Gasteiger partial charge in [0.1, 0.15) is 48.0 Å². The Labute approximate surface area is 455 Å². The standard InChI is InChI=1S/C55H91N9O13/c1-13-14-15-22-27-43-36(5)50(70)64(12)42(28-34(2)3)48(68)63-44(38-25-20-17-21-26-38)49(69)61-41(31-57-51(71)75-33-37-23-18-16-19-24-37)47(67)60-40(46(66)59-35(4)32-74-43)29-56-45(65)39(62-53(73)77-55(9,10)11)30-58-52(72)76-54(6,7)8/h16,18-19,23-24,34-36,38-44H,13-15,17,20-22,25-33H2,1-12H3,(H,56,65)(H,57,71)(H,58,72)(H,59,66)(H,60,67)(H,61,69)(H,62,73)(H,63,68)/t35-,36-,39+,40+,41+,42+,43-,44+/m1/s1. The van der Waals surface area contributed by atoms with Gasteiger partial charge in [0, 0.05) is 19.6 Å². The van der Waals surface area contributed by atoms with Crippen molar-refractivity contribution in [2.24, 2.45) is 17.8 Å². The van der Waals surface area contributed by atoms with Gasteiger partial charge in [0.05, 0.1) is 31.7 Å². The second-order valence-electron chi connectivity index (χ2n) is 22.8. The van der Waals surface area contributed by atoms with Crippen LogP contribution in [0.3, 0.4) is 0 Å². The van der Waals surface area contributed by atoms with E-state index in [0.29, 0.717) is 24.8 Å². The number of nitrogens with one attached hydrogen (secondary N) is 8. The van der Waals surface area contributed by atoms with Crippen molar-refractivity contribution in [3.8, 4) is 0 Å². The van der Waals surface area contributed by atoms with Crippen LogP contribution in [0.4, 0.5) is 14.4 Å². The van der Waals surface area contributed by atoms with Gasteiger partial charge in [0.2, 0.25) is 35.4 Å². The number of hydrogen-bond acceptors (Lipinski definition) is 13. The van der Waals surface area contributed by atoms with Crippen LogP contribution in [0.25, 0.3) is 0 Å². The van der Waals surface area contributed by atoms with E-state index in [-0.39, 0.29) is 37.4 Å². The molecule has 0 aromatic heterocycles. The van der Waals surface area contributed by atoms with Gasteiger partial charge in [0.15, 0.2) is 0 Å². The normalized spacial score (nSPS) is 23.3. The van der Waals surface area contributed by atoms with E-state index in [1.165, 1.54) is 4.90 Å². The molecule has 3 rings (SSSR count). The molecule has 1 aliphatic carbocycles. The summed E-state index contributed by atoms with van der Waals surface area (Å²) in [6, 6.07) is 1.27. The van der Waals surface area contributed by atoms with Crippen LogP contribution in [0.15, 0.2) is 30.3 Å². The number of hydrogen-bond donors (Lipinski definition) is 8. The Kier molecular flexibility index (Phi) is 27.0. The summed E-state index contributed by atoms with van der Waals surface area (Å²) < 4.78 is 22.6. The van der Waals surface area contributed by atoms with Crippen LogP contribution in [0.5, 0.6) is 0 Å². The molecule has 1 saturated heterocycles. The van der Waals surface area contributed by atoms with Crippen molar-refractivity contribution in [1.82, 2.24) is 47.4 Å². The Morgan fingerprint density at radius 1 is 0.727 bits per heavy atom. The number of amides is 9. The van der Waals surface area contributed by atoms with Gasteiger partial charge in [-0.2, -0.15) is 0 Å². The zero-order chi connectivity index (χ0) is 57.5. The van der Waals surface area contributed by atoms with Gasteiger partial charge in [-0.3, -0.25) is 28.8 Å². The number of carbonyl (C=O) groups excluding carboxylic acids is 9. The second kappa shape index (κ2) is 31.9. The molecule has 1 heterocycles. The van der Waals surface area contributed by atoms with Crippen molar-refractivity contribution in [3.05, 3.63) is 35.9 Å². The molecule has 0 bridgehead atoms. The smallest absolute Gasteiger partial charge is 0.408 e. The van der Waals surface area contributed by atoms with Crippen LogP contribution >= 0.6 is 0 Å². The summed E-state index contributed by atoms with van der Waals surface area (Å²) in [5, 5.41) is 21.2. The summed E-state index contributed by atoms with van der Waals surface area (Å²) in [7, 11) is 1.58. The fourth-order valence-corrected chi connectivity index (χ4v) is 8.94. The van der Waals surface area contributed by atoms with Crippen molar-refractivity contribution in [2.75, 3.05) is 33.3 Å². The summed E-state index contributed by atoms with van der Waals surface area (Å²) in [6.07, 6.45) is 4.59. The Morgan fingerprint density at radius 2 is 1.32 bits per heavy atom. The van der Waals surface area contributed by atoms with Gasteiger partial charge in [-0.05, 0) is 91.5 Å². The third kappa shape index (κ3) is 24.4. The van der Waals surface area contributed by atoms with Gasteiger partial charge in [-0.25, -0.2) is 14.4 Å². The molecule has 1 aliphatic heterocycles. The summed E-state index contributed by atoms with van der Waals surface area (Å²) in [6.45, 7) is 17.4.